The minimum atomic E-state index is 0.276. The smallest absolute Gasteiger partial charge is 0.120 e. The van der Waals surface area contributed by atoms with Crippen LogP contribution in [0.25, 0.3) is 0 Å². The maximum absolute atomic E-state index is 5.07. The van der Waals surface area contributed by atoms with Crippen LogP contribution in [0.5, 0.6) is 0 Å². The van der Waals surface area contributed by atoms with Crippen molar-refractivity contribution in [2.24, 2.45) is 0 Å². The van der Waals surface area contributed by atoms with E-state index in [1.54, 1.807) is 7.11 Å². The van der Waals surface area contributed by atoms with E-state index in [2.05, 4.69) is 46.8 Å². The number of hydrogen-bond donors (Lipinski definition) is 1. The number of ether oxygens (including phenoxy) is 1. The largest absolute Gasteiger partial charge is 0.370 e. The van der Waals surface area contributed by atoms with Gasteiger partial charge in [-0.1, -0.05) is 6.92 Å². The molecule has 0 amide bonds. The average Bonchev–Trinajstić information content (AvgIpc) is 2.04. The molecule has 11 heavy (non-hydrogen) atoms. The fourth-order valence-corrected chi connectivity index (χ4v) is 0.875. The average molecular weight is 272 g/mol. The highest BCUT2D eigenvalue weighted by atomic mass is 127. The summed E-state index contributed by atoms with van der Waals surface area (Å²) in [6, 6.07) is 0. The summed E-state index contributed by atoms with van der Waals surface area (Å²) in [5, 5.41) is 3.28. The van der Waals surface area contributed by atoms with Crippen LogP contribution < -0.4 is 5.32 Å². The van der Waals surface area contributed by atoms with Gasteiger partial charge in [0, 0.05) is 20.3 Å². The molecule has 68 valence electrons. The van der Waals surface area contributed by atoms with E-state index in [1.807, 2.05) is 0 Å². The van der Waals surface area contributed by atoms with Crippen LogP contribution in [-0.4, -0.2) is 42.9 Å². The van der Waals surface area contributed by atoms with Gasteiger partial charge < -0.3 is 10.1 Å². The van der Waals surface area contributed by atoms with Crippen LogP contribution in [0.3, 0.4) is 0 Å². The second kappa shape index (κ2) is 7.27. The first-order valence-corrected chi connectivity index (χ1v) is 5.01. The molecule has 0 aromatic carbocycles. The summed E-state index contributed by atoms with van der Waals surface area (Å²) in [5.41, 5.74) is 0. The van der Waals surface area contributed by atoms with E-state index in [-0.39, 0.29) is 4.11 Å². The van der Waals surface area contributed by atoms with Gasteiger partial charge in [0.25, 0.3) is 0 Å². The lowest BCUT2D eigenvalue weighted by Crippen LogP contribution is -2.34. The molecular formula is C7H17IN2O. The molecule has 1 N–H and O–H groups in total. The molecule has 0 saturated carbocycles. The molecule has 0 fully saturated rings. The Kier molecular flexibility index (Phi) is 7.67. The third kappa shape index (κ3) is 6.99. The molecule has 0 saturated heterocycles. The molecule has 0 aromatic rings. The second-order valence-electron chi connectivity index (χ2n) is 2.43. The minimum Gasteiger partial charge on any atom is -0.370 e. The van der Waals surface area contributed by atoms with Crippen molar-refractivity contribution in [3.8, 4) is 0 Å². The first kappa shape index (κ1) is 11.6. The summed E-state index contributed by atoms with van der Waals surface area (Å²) in [5.74, 6) is 0. The molecule has 3 nitrogen and oxygen atoms in total. The summed E-state index contributed by atoms with van der Waals surface area (Å²) >= 11 is 2.26. The second-order valence-corrected chi connectivity index (χ2v) is 3.82. The van der Waals surface area contributed by atoms with Gasteiger partial charge in [0.1, 0.15) is 4.11 Å². The van der Waals surface area contributed by atoms with Gasteiger partial charge >= 0.3 is 0 Å². The Bertz CT molecular complexity index is 82.5. The third-order valence-electron chi connectivity index (χ3n) is 1.48. The van der Waals surface area contributed by atoms with Crippen LogP contribution in [0.2, 0.25) is 0 Å². The van der Waals surface area contributed by atoms with Crippen molar-refractivity contribution in [2.45, 2.75) is 11.0 Å². The molecule has 0 heterocycles. The Morgan fingerprint density at radius 3 is 2.73 bits per heavy atom. The van der Waals surface area contributed by atoms with Crippen LogP contribution in [0.15, 0.2) is 0 Å². The maximum atomic E-state index is 5.07. The highest BCUT2D eigenvalue weighted by molar-refractivity contribution is 14.1. The van der Waals surface area contributed by atoms with Crippen LogP contribution >= 0.6 is 22.6 Å². The fourth-order valence-electron chi connectivity index (χ4n) is 0.564. The van der Waals surface area contributed by atoms with Gasteiger partial charge in [-0.2, -0.15) is 0 Å². The zero-order valence-corrected chi connectivity index (χ0v) is 9.59. The predicted molar refractivity (Wildman–Crippen MR) is 56.0 cm³/mol. The van der Waals surface area contributed by atoms with E-state index < -0.39 is 0 Å². The molecule has 0 unspecified atom stereocenters. The van der Waals surface area contributed by atoms with Crippen molar-refractivity contribution in [3.63, 3.8) is 0 Å². The Balaban J connectivity index is 3.13. The fraction of sp³-hybridized carbons (Fsp3) is 1.00. The number of nitrogens with zero attached hydrogens (tertiary/aromatic N) is 1. The maximum Gasteiger partial charge on any atom is 0.120 e. The zero-order chi connectivity index (χ0) is 8.69. The first-order chi connectivity index (χ1) is 5.20. The molecular weight excluding hydrogens is 255 g/mol. The van der Waals surface area contributed by atoms with E-state index in [9.17, 15) is 0 Å². The quantitative estimate of drug-likeness (QED) is 0.441. The van der Waals surface area contributed by atoms with Crippen LogP contribution in [-0.2, 0) is 4.74 Å². The molecule has 0 aliphatic carbocycles. The van der Waals surface area contributed by atoms with Crippen LogP contribution in [0.1, 0.15) is 6.92 Å². The number of halogens is 1. The van der Waals surface area contributed by atoms with E-state index in [0.717, 1.165) is 19.8 Å². The van der Waals surface area contributed by atoms with E-state index >= 15 is 0 Å². The van der Waals surface area contributed by atoms with Crippen molar-refractivity contribution in [3.05, 3.63) is 0 Å². The van der Waals surface area contributed by atoms with Crippen LogP contribution in [0.4, 0.5) is 0 Å². The third-order valence-corrected chi connectivity index (χ3v) is 2.43. The first-order valence-electron chi connectivity index (χ1n) is 3.76. The molecule has 1 atom stereocenters. The minimum absolute atomic E-state index is 0.276. The number of rotatable bonds is 6. The summed E-state index contributed by atoms with van der Waals surface area (Å²) < 4.78 is 5.35. The normalized spacial score (nSPS) is 13.9. The summed E-state index contributed by atoms with van der Waals surface area (Å²) in [6.07, 6.45) is 0. The molecule has 0 spiro atoms. The lowest BCUT2D eigenvalue weighted by atomic mass is 10.6. The number of nitrogens with one attached hydrogen (secondary N) is 1. The van der Waals surface area contributed by atoms with Gasteiger partial charge in [0.2, 0.25) is 0 Å². The molecule has 0 aromatic heterocycles. The Labute approximate surface area is 82.6 Å². The highest BCUT2D eigenvalue weighted by Gasteiger charge is 1.99. The molecule has 0 aliphatic rings. The molecule has 0 radical (unpaired) electrons. The van der Waals surface area contributed by atoms with Gasteiger partial charge in [0.15, 0.2) is 0 Å². The van der Waals surface area contributed by atoms with Gasteiger partial charge in [0.05, 0.1) is 0 Å². The summed E-state index contributed by atoms with van der Waals surface area (Å²) in [7, 11) is 3.81. The highest BCUT2D eigenvalue weighted by Crippen LogP contribution is 1.97. The van der Waals surface area contributed by atoms with E-state index in [4.69, 9.17) is 4.74 Å². The van der Waals surface area contributed by atoms with Crippen molar-refractivity contribution in [1.29, 1.82) is 0 Å². The number of hydrogen-bond acceptors (Lipinski definition) is 3. The van der Waals surface area contributed by atoms with Crippen molar-refractivity contribution >= 4 is 22.6 Å². The molecule has 0 rings (SSSR count). The van der Waals surface area contributed by atoms with Gasteiger partial charge in [-0.3, -0.25) is 4.90 Å². The Morgan fingerprint density at radius 1 is 1.64 bits per heavy atom. The Morgan fingerprint density at radius 2 is 2.27 bits per heavy atom. The number of alkyl halides is 1. The van der Waals surface area contributed by atoms with Crippen LogP contribution in [0, 0.1) is 0 Å². The monoisotopic (exact) mass is 272 g/mol. The zero-order valence-electron chi connectivity index (χ0n) is 7.43. The van der Waals surface area contributed by atoms with Gasteiger partial charge in [-0.15, -0.1) is 0 Å². The van der Waals surface area contributed by atoms with E-state index in [0.29, 0.717) is 0 Å². The molecule has 0 aliphatic heterocycles. The van der Waals surface area contributed by atoms with Crippen molar-refractivity contribution in [1.82, 2.24) is 10.2 Å². The Hall–Kier alpha value is 0.610. The number of methoxy groups -OCH3 is 1. The molecule has 4 heteroatoms. The van der Waals surface area contributed by atoms with Gasteiger partial charge in [-0.05, 0) is 36.2 Å². The predicted octanol–water partition coefficient (Wildman–Crippen LogP) is 0.893. The topological polar surface area (TPSA) is 24.5 Å². The SMILES string of the molecule is CCN(C)CNC[C@@H](I)OC. The molecule has 0 bridgehead atoms. The summed E-state index contributed by atoms with van der Waals surface area (Å²) in [6.45, 7) is 5.05. The lowest BCUT2D eigenvalue weighted by molar-refractivity contribution is 0.177. The summed E-state index contributed by atoms with van der Waals surface area (Å²) in [4.78, 5) is 2.21. The lowest BCUT2D eigenvalue weighted by Gasteiger charge is -2.16. The van der Waals surface area contributed by atoms with E-state index in [1.165, 1.54) is 0 Å². The van der Waals surface area contributed by atoms with Crippen molar-refractivity contribution in [2.75, 3.05) is 33.9 Å². The van der Waals surface area contributed by atoms with Gasteiger partial charge in [-0.25, -0.2) is 0 Å². The van der Waals surface area contributed by atoms with Crippen molar-refractivity contribution < 1.29 is 4.74 Å². The standard InChI is InChI=1S/C7H17IN2O/c1-4-10(2)6-9-5-7(8)11-3/h7,9H,4-6H2,1-3H3/t7-/m0/s1.